The highest BCUT2D eigenvalue weighted by atomic mass is 19.4. The number of fused-ring (bicyclic) bond motifs is 1. The highest BCUT2D eigenvalue weighted by Gasteiger charge is 2.38. The van der Waals surface area contributed by atoms with Gasteiger partial charge >= 0.3 is 12.1 Å². The van der Waals surface area contributed by atoms with Gasteiger partial charge in [0.25, 0.3) is 0 Å². The molecule has 2 aromatic carbocycles. The maximum absolute atomic E-state index is 10.6. The van der Waals surface area contributed by atoms with Gasteiger partial charge in [0.2, 0.25) is 0 Å². The van der Waals surface area contributed by atoms with E-state index < -0.39 is 12.1 Å². The van der Waals surface area contributed by atoms with Crippen molar-refractivity contribution in [1.29, 1.82) is 0 Å². The van der Waals surface area contributed by atoms with Gasteiger partial charge in [-0.15, -0.1) is 0 Å². The van der Waals surface area contributed by atoms with E-state index in [2.05, 4.69) is 50.0 Å². The normalized spacial score (nSPS) is 12.5. The zero-order chi connectivity index (χ0) is 25.5. The SMILES string of the molecule is O=C(O)C(F)(F)F.c1cc(-c2ccc(CNCc3cn[nH]c3-c3ccc4c(c3)OCCO4)cc2)[nH]n1. The van der Waals surface area contributed by atoms with Crippen molar-refractivity contribution >= 4 is 5.97 Å². The van der Waals surface area contributed by atoms with Crippen molar-refractivity contribution in [2.24, 2.45) is 0 Å². The van der Waals surface area contributed by atoms with Crippen LogP contribution in [-0.2, 0) is 17.9 Å². The number of carboxylic acid groups (broad SMARTS) is 1. The molecule has 0 saturated heterocycles. The first-order valence-corrected chi connectivity index (χ1v) is 10.8. The van der Waals surface area contributed by atoms with Crippen LogP contribution in [0.5, 0.6) is 11.5 Å². The number of H-pyrrole nitrogens is 2. The standard InChI is InChI=1S/C22H21N5O2.C2HF3O2/c1-3-16(19-7-8-24-26-19)4-2-15(1)12-23-13-18-14-25-27-22(18)17-5-6-20-21(11-17)29-10-9-28-20;3-2(4,5)1(6)7/h1-8,11,14,23H,9-10,12-13H2,(H,24,26)(H,25,27);(H,6,7). The van der Waals surface area contributed by atoms with Crippen molar-refractivity contribution < 1.29 is 32.5 Å². The zero-order valence-corrected chi connectivity index (χ0v) is 18.8. The van der Waals surface area contributed by atoms with Gasteiger partial charge in [-0.05, 0) is 35.4 Å². The zero-order valence-electron chi connectivity index (χ0n) is 18.8. The lowest BCUT2D eigenvalue weighted by Gasteiger charge is -2.18. The second-order valence-corrected chi connectivity index (χ2v) is 7.70. The molecule has 1 aliphatic rings. The van der Waals surface area contributed by atoms with Crippen molar-refractivity contribution in [2.75, 3.05) is 13.2 Å². The Morgan fingerprint density at radius 3 is 2.31 bits per heavy atom. The van der Waals surface area contributed by atoms with Crippen LogP contribution in [-0.4, -0.2) is 50.9 Å². The summed E-state index contributed by atoms with van der Waals surface area (Å²) in [4.78, 5) is 8.90. The van der Waals surface area contributed by atoms with Crippen LogP contribution in [0, 0.1) is 0 Å². The minimum atomic E-state index is -5.08. The minimum Gasteiger partial charge on any atom is -0.486 e. The summed E-state index contributed by atoms with van der Waals surface area (Å²) in [5, 5.41) is 24.9. The van der Waals surface area contributed by atoms with Crippen molar-refractivity contribution in [3.63, 3.8) is 0 Å². The van der Waals surface area contributed by atoms with Crippen LogP contribution in [0.4, 0.5) is 13.2 Å². The third kappa shape index (κ3) is 6.21. The number of alkyl halides is 3. The predicted molar refractivity (Wildman–Crippen MR) is 123 cm³/mol. The number of hydrogen-bond donors (Lipinski definition) is 4. The summed E-state index contributed by atoms with van der Waals surface area (Å²) in [6, 6.07) is 16.4. The smallest absolute Gasteiger partial charge is 0.486 e. The first-order valence-electron chi connectivity index (χ1n) is 10.8. The largest absolute Gasteiger partial charge is 0.490 e. The molecule has 0 unspecified atom stereocenters. The number of rotatable bonds is 6. The van der Waals surface area contributed by atoms with Crippen LogP contribution in [0.1, 0.15) is 11.1 Å². The predicted octanol–water partition coefficient (Wildman–Crippen LogP) is 4.16. The number of nitrogens with one attached hydrogen (secondary N) is 3. The first kappa shape index (κ1) is 24.8. The summed E-state index contributed by atoms with van der Waals surface area (Å²) in [7, 11) is 0. The summed E-state index contributed by atoms with van der Waals surface area (Å²) in [5.74, 6) is -1.19. The maximum Gasteiger partial charge on any atom is 0.490 e. The molecule has 0 spiro atoms. The van der Waals surface area contributed by atoms with E-state index in [1.54, 1.807) is 6.20 Å². The second-order valence-electron chi connectivity index (χ2n) is 7.70. The van der Waals surface area contributed by atoms with Gasteiger partial charge in [0, 0.05) is 30.4 Å². The van der Waals surface area contributed by atoms with Gasteiger partial charge in [-0.25, -0.2) is 4.79 Å². The fourth-order valence-corrected chi connectivity index (χ4v) is 3.45. The minimum absolute atomic E-state index is 0.576. The van der Waals surface area contributed by atoms with E-state index in [4.69, 9.17) is 19.4 Å². The molecule has 0 radical (unpaired) electrons. The average molecular weight is 501 g/mol. The molecular formula is C24H22F3N5O4. The van der Waals surface area contributed by atoms with E-state index in [0.717, 1.165) is 46.1 Å². The van der Waals surface area contributed by atoms with E-state index in [0.29, 0.717) is 19.8 Å². The van der Waals surface area contributed by atoms with Gasteiger partial charge in [-0.2, -0.15) is 23.4 Å². The molecule has 12 heteroatoms. The monoisotopic (exact) mass is 501 g/mol. The number of nitrogens with zero attached hydrogens (tertiary/aromatic N) is 2. The van der Waals surface area contributed by atoms with Crippen LogP contribution in [0.25, 0.3) is 22.5 Å². The lowest BCUT2D eigenvalue weighted by molar-refractivity contribution is -0.192. The lowest BCUT2D eigenvalue weighted by Crippen LogP contribution is -2.21. The number of aromatic amines is 2. The molecule has 0 aliphatic carbocycles. The number of aliphatic carboxylic acids is 1. The number of hydrogen-bond acceptors (Lipinski definition) is 6. The molecule has 0 amide bonds. The van der Waals surface area contributed by atoms with Crippen LogP contribution in [0.15, 0.2) is 60.9 Å². The summed E-state index contributed by atoms with van der Waals surface area (Å²) in [6.07, 6.45) is -1.46. The lowest BCUT2D eigenvalue weighted by atomic mass is 10.1. The van der Waals surface area contributed by atoms with Crippen LogP contribution < -0.4 is 14.8 Å². The second kappa shape index (κ2) is 11.0. The van der Waals surface area contributed by atoms with E-state index in [9.17, 15) is 13.2 Å². The Labute approximate surface area is 203 Å². The Bertz CT molecular complexity index is 1290. The molecule has 3 heterocycles. The summed E-state index contributed by atoms with van der Waals surface area (Å²) in [6.45, 7) is 2.65. The van der Waals surface area contributed by atoms with Gasteiger partial charge < -0.3 is 19.9 Å². The van der Waals surface area contributed by atoms with Crippen LogP contribution >= 0.6 is 0 Å². The molecule has 0 saturated carbocycles. The summed E-state index contributed by atoms with van der Waals surface area (Å²) >= 11 is 0. The van der Waals surface area contributed by atoms with Crippen molar-refractivity contribution in [1.82, 2.24) is 25.7 Å². The average Bonchev–Trinajstić information content (AvgIpc) is 3.57. The van der Waals surface area contributed by atoms with Crippen LogP contribution in [0.2, 0.25) is 0 Å². The molecule has 188 valence electrons. The van der Waals surface area contributed by atoms with E-state index >= 15 is 0 Å². The van der Waals surface area contributed by atoms with Gasteiger partial charge in [0.15, 0.2) is 11.5 Å². The topological polar surface area (TPSA) is 125 Å². The number of carboxylic acids is 1. The molecule has 0 fully saturated rings. The molecular weight excluding hydrogens is 479 g/mol. The third-order valence-corrected chi connectivity index (χ3v) is 5.20. The Morgan fingerprint density at radius 1 is 0.944 bits per heavy atom. The van der Waals surface area contributed by atoms with Crippen LogP contribution in [0.3, 0.4) is 0 Å². The highest BCUT2D eigenvalue weighted by Crippen LogP contribution is 2.34. The molecule has 36 heavy (non-hydrogen) atoms. The first-order chi connectivity index (χ1) is 17.3. The molecule has 4 aromatic rings. The number of ether oxygens (including phenoxy) is 2. The van der Waals surface area contributed by atoms with Gasteiger partial charge in [-0.1, -0.05) is 24.3 Å². The Morgan fingerprint density at radius 2 is 1.64 bits per heavy atom. The number of carbonyl (C=O) groups is 1. The highest BCUT2D eigenvalue weighted by molar-refractivity contribution is 5.73. The number of halogens is 3. The Kier molecular flexibility index (Phi) is 7.54. The molecule has 2 aromatic heterocycles. The number of aromatic nitrogens is 4. The van der Waals surface area contributed by atoms with Crippen molar-refractivity contribution in [3.05, 3.63) is 72.1 Å². The van der Waals surface area contributed by atoms with Crippen molar-refractivity contribution in [2.45, 2.75) is 19.3 Å². The molecule has 5 rings (SSSR count). The van der Waals surface area contributed by atoms with Gasteiger partial charge in [-0.3, -0.25) is 10.2 Å². The van der Waals surface area contributed by atoms with E-state index in [1.165, 1.54) is 5.56 Å². The number of benzene rings is 2. The maximum atomic E-state index is 10.6. The van der Waals surface area contributed by atoms with Crippen molar-refractivity contribution in [3.8, 4) is 34.0 Å². The molecule has 0 bridgehead atoms. The van der Waals surface area contributed by atoms with Gasteiger partial charge in [0.05, 0.1) is 17.6 Å². The molecule has 4 N–H and O–H groups in total. The van der Waals surface area contributed by atoms with E-state index in [1.807, 2.05) is 30.5 Å². The fourth-order valence-electron chi connectivity index (χ4n) is 3.45. The molecule has 1 aliphatic heterocycles. The van der Waals surface area contributed by atoms with E-state index in [-0.39, 0.29) is 0 Å². The molecule has 9 nitrogen and oxygen atoms in total. The summed E-state index contributed by atoms with van der Waals surface area (Å²) < 4.78 is 43.0. The molecule has 0 atom stereocenters. The Hall–Kier alpha value is -4.32. The summed E-state index contributed by atoms with van der Waals surface area (Å²) in [5.41, 5.74) is 6.50. The quantitative estimate of drug-likeness (QED) is 0.313. The fraction of sp³-hybridized carbons (Fsp3) is 0.208. The Balaban J connectivity index is 0.000000384. The van der Waals surface area contributed by atoms with Gasteiger partial charge in [0.1, 0.15) is 13.2 Å². The third-order valence-electron chi connectivity index (χ3n) is 5.20.